The lowest BCUT2D eigenvalue weighted by molar-refractivity contribution is -0.121. The van der Waals surface area contributed by atoms with E-state index in [0.29, 0.717) is 24.9 Å². The highest BCUT2D eigenvalue weighted by atomic mass is 32.2. The van der Waals surface area contributed by atoms with Crippen molar-refractivity contribution in [1.82, 2.24) is 4.31 Å². The Hall–Kier alpha value is -1.40. The van der Waals surface area contributed by atoms with E-state index in [1.165, 1.54) is 4.31 Å². The second-order valence-electron chi connectivity index (χ2n) is 4.95. The van der Waals surface area contributed by atoms with Crippen molar-refractivity contribution in [2.75, 3.05) is 6.54 Å². The second-order valence-corrected chi connectivity index (χ2v) is 6.80. The Morgan fingerprint density at radius 1 is 1.37 bits per heavy atom. The fraction of sp³-hybridized carbons (Fsp3) is 0.462. The standard InChI is InChI=1S/C13H18N2O3S/c1-9-5-6-12(10(2)8-9)19(17,18)15-7-3-4-11(15)13(14)16/h5-6,8,11H,3-4,7H2,1-2H3,(H2,14,16)/t11-/m0/s1. The number of hydrogen-bond acceptors (Lipinski definition) is 3. The molecule has 1 saturated heterocycles. The van der Waals surface area contributed by atoms with Crippen molar-refractivity contribution in [3.63, 3.8) is 0 Å². The number of rotatable bonds is 3. The van der Waals surface area contributed by atoms with Gasteiger partial charge in [0.15, 0.2) is 0 Å². The number of hydrogen-bond donors (Lipinski definition) is 1. The van der Waals surface area contributed by atoms with Crippen LogP contribution in [0.3, 0.4) is 0 Å². The van der Waals surface area contributed by atoms with Crippen molar-refractivity contribution in [1.29, 1.82) is 0 Å². The number of sulfonamides is 1. The molecule has 0 radical (unpaired) electrons. The Labute approximate surface area is 113 Å². The van der Waals surface area contributed by atoms with E-state index in [-0.39, 0.29) is 4.90 Å². The maximum absolute atomic E-state index is 12.6. The van der Waals surface area contributed by atoms with E-state index < -0.39 is 22.0 Å². The first-order chi connectivity index (χ1) is 8.84. The summed E-state index contributed by atoms with van der Waals surface area (Å²) in [6.07, 6.45) is 1.16. The highest BCUT2D eigenvalue weighted by molar-refractivity contribution is 7.89. The largest absolute Gasteiger partial charge is 0.368 e. The molecular weight excluding hydrogens is 264 g/mol. The van der Waals surface area contributed by atoms with Crippen LogP contribution in [0.5, 0.6) is 0 Å². The van der Waals surface area contributed by atoms with Gasteiger partial charge in [-0.2, -0.15) is 4.31 Å². The molecule has 2 rings (SSSR count). The molecule has 1 atom stereocenters. The molecule has 1 aromatic carbocycles. The van der Waals surface area contributed by atoms with Gasteiger partial charge in [0, 0.05) is 6.54 Å². The minimum atomic E-state index is -3.65. The van der Waals surface area contributed by atoms with Crippen LogP contribution in [-0.4, -0.2) is 31.2 Å². The van der Waals surface area contributed by atoms with Crippen LogP contribution in [0.4, 0.5) is 0 Å². The van der Waals surface area contributed by atoms with Gasteiger partial charge in [0.1, 0.15) is 6.04 Å². The molecule has 2 N–H and O–H groups in total. The molecule has 0 bridgehead atoms. The van der Waals surface area contributed by atoms with Gasteiger partial charge >= 0.3 is 0 Å². The Balaban J connectivity index is 2.45. The summed E-state index contributed by atoms with van der Waals surface area (Å²) in [6.45, 7) is 4.02. The van der Waals surface area contributed by atoms with Crippen LogP contribution in [-0.2, 0) is 14.8 Å². The van der Waals surface area contributed by atoms with Crippen molar-refractivity contribution >= 4 is 15.9 Å². The zero-order valence-electron chi connectivity index (χ0n) is 11.1. The van der Waals surface area contributed by atoms with E-state index in [4.69, 9.17) is 5.73 Å². The third kappa shape index (κ3) is 2.50. The van der Waals surface area contributed by atoms with Crippen LogP contribution >= 0.6 is 0 Å². The normalized spacial score (nSPS) is 20.6. The van der Waals surface area contributed by atoms with Gasteiger partial charge in [-0.1, -0.05) is 17.7 Å². The molecule has 1 aromatic rings. The summed E-state index contributed by atoms with van der Waals surface area (Å²) in [5, 5.41) is 0. The third-order valence-electron chi connectivity index (χ3n) is 3.45. The molecule has 6 heteroatoms. The lowest BCUT2D eigenvalue weighted by atomic mass is 10.2. The van der Waals surface area contributed by atoms with E-state index in [1.807, 2.05) is 13.0 Å². The van der Waals surface area contributed by atoms with E-state index in [9.17, 15) is 13.2 Å². The van der Waals surface area contributed by atoms with Gasteiger partial charge in [-0.3, -0.25) is 4.79 Å². The average molecular weight is 282 g/mol. The zero-order valence-corrected chi connectivity index (χ0v) is 11.9. The van der Waals surface area contributed by atoms with Crippen LogP contribution in [0.15, 0.2) is 23.1 Å². The number of nitrogens with two attached hydrogens (primary N) is 1. The first kappa shape index (κ1) is 14.0. The highest BCUT2D eigenvalue weighted by Gasteiger charge is 2.38. The SMILES string of the molecule is Cc1ccc(S(=O)(=O)N2CCC[C@H]2C(N)=O)c(C)c1. The number of nitrogens with zero attached hydrogens (tertiary/aromatic N) is 1. The Morgan fingerprint density at radius 3 is 2.63 bits per heavy atom. The molecule has 1 aliphatic heterocycles. The quantitative estimate of drug-likeness (QED) is 0.896. The summed E-state index contributed by atoms with van der Waals surface area (Å²) in [4.78, 5) is 11.6. The van der Waals surface area contributed by atoms with E-state index in [1.54, 1.807) is 19.1 Å². The Bertz CT molecular complexity index is 610. The molecule has 1 fully saturated rings. The lowest BCUT2D eigenvalue weighted by Crippen LogP contribution is -2.43. The number of primary amides is 1. The molecule has 0 unspecified atom stereocenters. The van der Waals surface area contributed by atoms with Gasteiger partial charge in [-0.05, 0) is 38.3 Å². The average Bonchev–Trinajstić information content (AvgIpc) is 2.77. The number of carbonyl (C=O) groups excluding carboxylic acids is 1. The van der Waals surface area contributed by atoms with Gasteiger partial charge in [-0.25, -0.2) is 8.42 Å². The van der Waals surface area contributed by atoms with Crippen LogP contribution < -0.4 is 5.73 Å². The molecule has 1 amide bonds. The van der Waals surface area contributed by atoms with Crippen molar-refractivity contribution in [3.8, 4) is 0 Å². The number of carbonyl (C=O) groups is 1. The third-order valence-corrected chi connectivity index (χ3v) is 5.52. The van der Waals surface area contributed by atoms with Crippen molar-refractivity contribution in [2.24, 2.45) is 5.73 Å². The minimum Gasteiger partial charge on any atom is -0.368 e. The molecule has 104 valence electrons. The molecule has 1 aliphatic rings. The summed E-state index contributed by atoms with van der Waals surface area (Å²) in [5.41, 5.74) is 6.97. The lowest BCUT2D eigenvalue weighted by Gasteiger charge is -2.22. The molecule has 19 heavy (non-hydrogen) atoms. The van der Waals surface area contributed by atoms with E-state index >= 15 is 0 Å². The van der Waals surface area contributed by atoms with Crippen LogP contribution in [0.2, 0.25) is 0 Å². The highest BCUT2D eigenvalue weighted by Crippen LogP contribution is 2.28. The molecule has 0 spiro atoms. The smallest absolute Gasteiger partial charge is 0.244 e. The topological polar surface area (TPSA) is 80.5 Å². The monoisotopic (exact) mass is 282 g/mol. The van der Waals surface area contributed by atoms with Crippen molar-refractivity contribution < 1.29 is 13.2 Å². The van der Waals surface area contributed by atoms with Gasteiger partial charge < -0.3 is 5.73 Å². The maximum Gasteiger partial charge on any atom is 0.244 e. The van der Waals surface area contributed by atoms with Crippen molar-refractivity contribution in [2.45, 2.75) is 37.6 Å². The molecule has 0 saturated carbocycles. The molecule has 1 heterocycles. The summed E-state index contributed by atoms with van der Waals surface area (Å²) >= 11 is 0. The van der Waals surface area contributed by atoms with Gasteiger partial charge in [0.05, 0.1) is 4.90 Å². The molecule has 0 aliphatic carbocycles. The number of benzene rings is 1. The van der Waals surface area contributed by atoms with Gasteiger partial charge in [0.2, 0.25) is 15.9 Å². The number of aryl methyl sites for hydroxylation is 2. The predicted molar refractivity (Wildman–Crippen MR) is 72.0 cm³/mol. The van der Waals surface area contributed by atoms with E-state index in [0.717, 1.165) is 5.56 Å². The Morgan fingerprint density at radius 2 is 2.05 bits per heavy atom. The first-order valence-electron chi connectivity index (χ1n) is 6.22. The molecular formula is C13H18N2O3S. The fourth-order valence-corrected chi connectivity index (χ4v) is 4.40. The zero-order chi connectivity index (χ0) is 14.2. The minimum absolute atomic E-state index is 0.256. The van der Waals surface area contributed by atoms with E-state index in [2.05, 4.69) is 0 Å². The number of amides is 1. The molecule has 5 nitrogen and oxygen atoms in total. The summed E-state index contributed by atoms with van der Waals surface area (Å²) < 4.78 is 26.4. The Kier molecular flexibility index (Phi) is 3.64. The summed E-state index contributed by atoms with van der Waals surface area (Å²) in [7, 11) is -3.65. The predicted octanol–water partition coefficient (Wildman–Crippen LogP) is 0.942. The van der Waals surface area contributed by atoms with Gasteiger partial charge in [0.25, 0.3) is 0 Å². The molecule has 0 aromatic heterocycles. The fourth-order valence-electron chi connectivity index (χ4n) is 2.53. The summed E-state index contributed by atoms with van der Waals surface area (Å²) in [6, 6.07) is 4.46. The van der Waals surface area contributed by atoms with Crippen molar-refractivity contribution in [3.05, 3.63) is 29.3 Å². The first-order valence-corrected chi connectivity index (χ1v) is 7.66. The van der Waals surface area contributed by atoms with Crippen LogP contribution in [0.1, 0.15) is 24.0 Å². The maximum atomic E-state index is 12.6. The van der Waals surface area contributed by atoms with Crippen LogP contribution in [0.25, 0.3) is 0 Å². The van der Waals surface area contributed by atoms with Crippen LogP contribution in [0, 0.1) is 13.8 Å². The summed E-state index contributed by atoms with van der Waals surface area (Å²) in [5.74, 6) is -0.578. The van der Waals surface area contributed by atoms with Gasteiger partial charge in [-0.15, -0.1) is 0 Å². The second kappa shape index (κ2) is 4.94.